The van der Waals surface area contributed by atoms with Crippen molar-refractivity contribution in [3.8, 4) is 0 Å². The van der Waals surface area contributed by atoms with E-state index in [1.807, 2.05) is 11.3 Å². The molecule has 18 heavy (non-hydrogen) atoms. The van der Waals surface area contributed by atoms with Crippen LogP contribution in [-0.2, 0) is 6.54 Å². The molecule has 0 spiro atoms. The standard InChI is InChI=1S/C15H24N2S/c1-2-4-14(16-8-3-1)11-17(15-5-6-15)10-13-7-9-18-12-13/h7,9,12,14-16H,1-6,8,10-11H2. The summed E-state index contributed by atoms with van der Waals surface area (Å²) in [6.07, 6.45) is 8.39. The lowest BCUT2D eigenvalue weighted by molar-refractivity contribution is 0.222. The molecular weight excluding hydrogens is 240 g/mol. The fourth-order valence-corrected chi connectivity index (χ4v) is 3.60. The molecule has 1 aromatic rings. The topological polar surface area (TPSA) is 15.3 Å². The number of nitrogens with zero attached hydrogens (tertiary/aromatic N) is 1. The van der Waals surface area contributed by atoms with E-state index in [1.165, 1.54) is 57.2 Å². The number of hydrogen-bond donors (Lipinski definition) is 1. The van der Waals surface area contributed by atoms with E-state index < -0.39 is 0 Å². The van der Waals surface area contributed by atoms with Crippen LogP contribution in [0.4, 0.5) is 0 Å². The molecule has 0 radical (unpaired) electrons. The molecule has 1 unspecified atom stereocenters. The van der Waals surface area contributed by atoms with E-state index in [9.17, 15) is 0 Å². The Hall–Kier alpha value is -0.380. The molecule has 1 N–H and O–H groups in total. The van der Waals surface area contributed by atoms with Crippen LogP contribution in [0.1, 0.15) is 44.1 Å². The molecule has 0 amide bonds. The van der Waals surface area contributed by atoms with Crippen LogP contribution in [0.15, 0.2) is 16.8 Å². The molecule has 2 heterocycles. The smallest absolute Gasteiger partial charge is 0.0245 e. The summed E-state index contributed by atoms with van der Waals surface area (Å²) in [5.74, 6) is 0. The quantitative estimate of drug-likeness (QED) is 0.878. The molecule has 1 aliphatic heterocycles. The van der Waals surface area contributed by atoms with Crippen molar-refractivity contribution in [1.29, 1.82) is 0 Å². The normalized spacial score (nSPS) is 25.3. The summed E-state index contributed by atoms with van der Waals surface area (Å²) >= 11 is 1.82. The van der Waals surface area contributed by atoms with Crippen LogP contribution < -0.4 is 5.32 Å². The molecule has 2 fully saturated rings. The summed E-state index contributed by atoms with van der Waals surface area (Å²) in [4.78, 5) is 2.71. The lowest BCUT2D eigenvalue weighted by atomic mass is 10.1. The highest BCUT2D eigenvalue weighted by atomic mass is 32.1. The molecule has 1 aliphatic carbocycles. The zero-order valence-corrected chi connectivity index (χ0v) is 11.9. The van der Waals surface area contributed by atoms with E-state index in [0.717, 1.165) is 18.6 Å². The zero-order chi connectivity index (χ0) is 12.2. The first-order valence-electron chi connectivity index (χ1n) is 7.40. The van der Waals surface area contributed by atoms with E-state index in [2.05, 4.69) is 27.0 Å². The Bertz CT molecular complexity index is 337. The van der Waals surface area contributed by atoms with Gasteiger partial charge < -0.3 is 5.32 Å². The minimum atomic E-state index is 0.728. The Morgan fingerprint density at radius 1 is 1.22 bits per heavy atom. The summed E-state index contributed by atoms with van der Waals surface area (Å²) in [6.45, 7) is 3.63. The first-order chi connectivity index (χ1) is 8.92. The Morgan fingerprint density at radius 3 is 2.94 bits per heavy atom. The second kappa shape index (κ2) is 6.18. The van der Waals surface area contributed by atoms with Gasteiger partial charge in [0.05, 0.1) is 0 Å². The minimum absolute atomic E-state index is 0.728. The van der Waals surface area contributed by atoms with Gasteiger partial charge >= 0.3 is 0 Å². The molecule has 2 nitrogen and oxygen atoms in total. The average molecular weight is 264 g/mol. The fourth-order valence-electron chi connectivity index (χ4n) is 2.94. The van der Waals surface area contributed by atoms with Crippen molar-refractivity contribution < 1.29 is 0 Å². The highest BCUT2D eigenvalue weighted by molar-refractivity contribution is 7.07. The van der Waals surface area contributed by atoms with Gasteiger partial charge in [-0.3, -0.25) is 4.90 Å². The average Bonchev–Trinajstić information content (AvgIpc) is 3.14. The van der Waals surface area contributed by atoms with Crippen molar-refractivity contribution in [2.45, 2.75) is 57.2 Å². The van der Waals surface area contributed by atoms with Crippen molar-refractivity contribution in [2.75, 3.05) is 13.1 Å². The maximum Gasteiger partial charge on any atom is 0.0245 e. The van der Waals surface area contributed by atoms with Gasteiger partial charge in [-0.05, 0) is 54.6 Å². The van der Waals surface area contributed by atoms with Gasteiger partial charge in [0.2, 0.25) is 0 Å². The number of thiophene rings is 1. The van der Waals surface area contributed by atoms with Crippen LogP contribution in [0, 0.1) is 0 Å². The fraction of sp³-hybridized carbons (Fsp3) is 0.733. The van der Waals surface area contributed by atoms with Gasteiger partial charge in [-0.25, -0.2) is 0 Å². The highest BCUT2D eigenvalue weighted by Gasteiger charge is 2.30. The molecule has 0 bridgehead atoms. The molecule has 1 saturated carbocycles. The second-order valence-electron chi connectivity index (χ2n) is 5.79. The SMILES string of the molecule is c1cc(CN(CC2CCCCCN2)C2CC2)cs1. The van der Waals surface area contributed by atoms with Gasteiger partial charge in [0.15, 0.2) is 0 Å². The van der Waals surface area contributed by atoms with E-state index in [1.54, 1.807) is 0 Å². The van der Waals surface area contributed by atoms with Gasteiger partial charge in [0.25, 0.3) is 0 Å². The molecule has 0 aromatic carbocycles. The van der Waals surface area contributed by atoms with E-state index in [-0.39, 0.29) is 0 Å². The first-order valence-corrected chi connectivity index (χ1v) is 8.34. The van der Waals surface area contributed by atoms with Gasteiger partial charge in [-0.15, -0.1) is 0 Å². The number of hydrogen-bond acceptors (Lipinski definition) is 3. The number of rotatable bonds is 5. The second-order valence-corrected chi connectivity index (χ2v) is 6.57. The lowest BCUT2D eigenvalue weighted by Crippen LogP contribution is -2.41. The van der Waals surface area contributed by atoms with Crippen molar-refractivity contribution in [3.05, 3.63) is 22.4 Å². The summed E-state index contributed by atoms with van der Waals surface area (Å²) < 4.78 is 0. The van der Waals surface area contributed by atoms with E-state index >= 15 is 0 Å². The molecule has 1 saturated heterocycles. The van der Waals surface area contributed by atoms with Crippen LogP contribution in [0.2, 0.25) is 0 Å². The Kier molecular flexibility index (Phi) is 4.34. The van der Waals surface area contributed by atoms with Crippen LogP contribution in [0.3, 0.4) is 0 Å². The maximum atomic E-state index is 3.74. The molecule has 3 rings (SSSR count). The van der Waals surface area contributed by atoms with Crippen molar-refractivity contribution >= 4 is 11.3 Å². The third-order valence-electron chi connectivity index (χ3n) is 4.15. The first kappa shape index (κ1) is 12.6. The molecule has 2 aliphatic rings. The monoisotopic (exact) mass is 264 g/mol. The third kappa shape index (κ3) is 3.56. The molecular formula is C15H24N2S. The third-order valence-corrected chi connectivity index (χ3v) is 4.88. The molecule has 1 aromatic heterocycles. The Labute approximate surface area is 114 Å². The van der Waals surface area contributed by atoms with Crippen LogP contribution in [0.25, 0.3) is 0 Å². The minimum Gasteiger partial charge on any atom is -0.313 e. The Balaban J connectivity index is 1.56. The van der Waals surface area contributed by atoms with Crippen molar-refractivity contribution in [2.24, 2.45) is 0 Å². The summed E-state index contributed by atoms with van der Waals surface area (Å²) in [5, 5.41) is 8.24. The van der Waals surface area contributed by atoms with Gasteiger partial charge in [0, 0.05) is 25.2 Å². The van der Waals surface area contributed by atoms with E-state index in [0.29, 0.717) is 0 Å². The predicted molar refractivity (Wildman–Crippen MR) is 78.0 cm³/mol. The van der Waals surface area contributed by atoms with Gasteiger partial charge in [0.1, 0.15) is 0 Å². The zero-order valence-electron chi connectivity index (χ0n) is 11.1. The summed E-state index contributed by atoms with van der Waals surface area (Å²) in [6, 6.07) is 3.88. The maximum absolute atomic E-state index is 3.74. The predicted octanol–water partition coefficient (Wildman–Crippen LogP) is 3.24. The molecule has 1 atom stereocenters. The van der Waals surface area contributed by atoms with Gasteiger partial charge in [-0.1, -0.05) is 12.8 Å². The van der Waals surface area contributed by atoms with Crippen LogP contribution in [0.5, 0.6) is 0 Å². The van der Waals surface area contributed by atoms with Gasteiger partial charge in [-0.2, -0.15) is 11.3 Å². The van der Waals surface area contributed by atoms with Crippen LogP contribution >= 0.6 is 11.3 Å². The van der Waals surface area contributed by atoms with Crippen molar-refractivity contribution in [1.82, 2.24) is 10.2 Å². The highest BCUT2D eigenvalue weighted by Crippen LogP contribution is 2.29. The summed E-state index contributed by atoms with van der Waals surface area (Å²) in [5.41, 5.74) is 1.50. The largest absolute Gasteiger partial charge is 0.313 e. The Morgan fingerprint density at radius 2 is 2.17 bits per heavy atom. The molecule has 3 heteroatoms. The van der Waals surface area contributed by atoms with E-state index in [4.69, 9.17) is 0 Å². The summed E-state index contributed by atoms with van der Waals surface area (Å²) in [7, 11) is 0. The van der Waals surface area contributed by atoms with Crippen LogP contribution in [-0.4, -0.2) is 30.1 Å². The lowest BCUT2D eigenvalue weighted by Gasteiger charge is -2.27. The molecule has 100 valence electrons. The number of nitrogens with one attached hydrogen (secondary N) is 1. The van der Waals surface area contributed by atoms with Crippen molar-refractivity contribution in [3.63, 3.8) is 0 Å².